The second kappa shape index (κ2) is 6.55. The molecule has 22 heavy (non-hydrogen) atoms. The Labute approximate surface area is 128 Å². The van der Waals surface area contributed by atoms with Crippen LogP contribution in [0.25, 0.3) is 0 Å². The molecule has 2 rings (SSSR count). The maximum absolute atomic E-state index is 13.0. The largest absolute Gasteiger partial charge is 0.416 e. The Morgan fingerprint density at radius 3 is 2.32 bits per heavy atom. The number of hydrogen-bond donors (Lipinski definition) is 1. The lowest BCUT2D eigenvalue weighted by Gasteiger charge is -2.32. The van der Waals surface area contributed by atoms with Crippen LogP contribution in [0.1, 0.15) is 24.0 Å². The van der Waals surface area contributed by atoms with Crippen molar-refractivity contribution in [2.45, 2.75) is 25.6 Å². The molecule has 0 radical (unpaired) electrons. The molecule has 0 saturated carbocycles. The Kier molecular flexibility index (Phi) is 5.14. The summed E-state index contributed by atoms with van der Waals surface area (Å²) in [7, 11) is -3.49. The van der Waals surface area contributed by atoms with Gasteiger partial charge in [-0.15, -0.1) is 0 Å². The van der Waals surface area contributed by atoms with Gasteiger partial charge in [0, 0.05) is 6.54 Å². The Morgan fingerprint density at radius 1 is 1.18 bits per heavy atom. The average molecular weight is 336 g/mol. The molecular formula is C14H19F3N2O2S. The third-order valence-corrected chi connectivity index (χ3v) is 4.83. The van der Waals surface area contributed by atoms with Crippen molar-refractivity contribution in [3.05, 3.63) is 35.4 Å². The molecule has 0 unspecified atom stereocenters. The van der Waals surface area contributed by atoms with Crippen molar-refractivity contribution in [3.63, 3.8) is 0 Å². The van der Waals surface area contributed by atoms with Gasteiger partial charge in [-0.3, -0.25) is 4.90 Å². The van der Waals surface area contributed by atoms with Crippen molar-refractivity contribution < 1.29 is 21.6 Å². The highest BCUT2D eigenvalue weighted by molar-refractivity contribution is 7.89. The summed E-state index contributed by atoms with van der Waals surface area (Å²) in [4.78, 5) is 1.92. The van der Waals surface area contributed by atoms with Gasteiger partial charge in [-0.05, 0) is 43.5 Å². The number of sulfonamides is 1. The number of primary sulfonamides is 1. The molecule has 0 spiro atoms. The number of nitrogens with two attached hydrogens (primary N) is 1. The van der Waals surface area contributed by atoms with Gasteiger partial charge < -0.3 is 0 Å². The number of alkyl halides is 3. The standard InChI is InChI=1S/C14H19F3N2O2S/c15-14(16,17)13-4-2-1-3-12(13)9-19-7-5-11(6-8-19)10-22(18,20)21/h1-4,11H,5-10H2,(H2,18,20,21). The fourth-order valence-electron chi connectivity index (χ4n) is 2.82. The minimum Gasteiger partial charge on any atom is -0.299 e. The van der Waals surface area contributed by atoms with E-state index < -0.39 is 21.8 Å². The lowest BCUT2D eigenvalue weighted by molar-refractivity contribution is -0.138. The second-order valence-electron chi connectivity index (χ2n) is 5.70. The molecule has 0 aromatic heterocycles. The van der Waals surface area contributed by atoms with Crippen molar-refractivity contribution in [2.75, 3.05) is 18.8 Å². The molecular weight excluding hydrogens is 317 g/mol. The normalized spacial score (nSPS) is 18.5. The van der Waals surface area contributed by atoms with Gasteiger partial charge in [0.25, 0.3) is 0 Å². The van der Waals surface area contributed by atoms with Crippen molar-refractivity contribution >= 4 is 10.0 Å². The summed E-state index contributed by atoms with van der Waals surface area (Å²) >= 11 is 0. The van der Waals surface area contributed by atoms with Crippen LogP contribution in [0.2, 0.25) is 0 Å². The number of halogens is 3. The van der Waals surface area contributed by atoms with E-state index in [-0.39, 0.29) is 23.8 Å². The highest BCUT2D eigenvalue weighted by Crippen LogP contribution is 2.33. The molecule has 1 heterocycles. The highest BCUT2D eigenvalue weighted by atomic mass is 32.2. The average Bonchev–Trinajstić information content (AvgIpc) is 2.39. The predicted octanol–water partition coefficient (Wildman–Crippen LogP) is 2.21. The third-order valence-electron chi connectivity index (χ3n) is 3.89. The molecule has 124 valence electrons. The second-order valence-corrected chi connectivity index (χ2v) is 7.36. The van der Waals surface area contributed by atoms with E-state index in [0.29, 0.717) is 25.9 Å². The third kappa shape index (κ3) is 4.96. The zero-order valence-electron chi connectivity index (χ0n) is 12.0. The van der Waals surface area contributed by atoms with Gasteiger partial charge in [-0.1, -0.05) is 18.2 Å². The first kappa shape index (κ1) is 17.2. The van der Waals surface area contributed by atoms with E-state index in [1.165, 1.54) is 12.1 Å². The molecule has 4 nitrogen and oxygen atoms in total. The van der Waals surface area contributed by atoms with Crippen LogP contribution in [0.4, 0.5) is 13.2 Å². The molecule has 8 heteroatoms. The molecule has 1 aromatic rings. The maximum atomic E-state index is 13.0. The highest BCUT2D eigenvalue weighted by Gasteiger charge is 2.33. The van der Waals surface area contributed by atoms with E-state index in [2.05, 4.69) is 0 Å². The lowest BCUT2D eigenvalue weighted by Crippen LogP contribution is -2.37. The van der Waals surface area contributed by atoms with E-state index in [4.69, 9.17) is 5.14 Å². The lowest BCUT2D eigenvalue weighted by atomic mass is 9.98. The quantitative estimate of drug-likeness (QED) is 0.917. The summed E-state index contributed by atoms with van der Waals surface area (Å²) in [5.41, 5.74) is -0.360. The van der Waals surface area contributed by atoms with Gasteiger partial charge in [-0.25, -0.2) is 13.6 Å². The summed E-state index contributed by atoms with van der Waals surface area (Å²) in [5.74, 6) is -0.0657. The molecule has 1 aromatic carbocycles. The summed E-state index contributed by atoms with van der Waals surface area (Å²) in [6.45, 7) is 1.37. The number of nitrogens with zero attached hydrogens (tertiary/aromatic N) is 1. The fourth-order valence-corrected chi connectivity index (χ4v) is 3.81. The first-order chi connectivity index (χ1) is 10.1. The summed E-state index contributed by atoms with van der Waals surface area (Å²) in [6.07, 6.45) is -3.10. The first-order valence-electron chi connectivity index (χ1n) is 7.03. The van der Waals surface area contributed by atoms with E-state index >= 15 is 0 Å². The van der Waals surface area contributed by atoms with Crippen LogP contribution in [-0.2, 0) is 22.7 Å². The van der Waals surface area contributed by atoms with Crippen molar-refractivity contribution in [1.29, 1.82) is 0 Å². The fraction of sp³-hybridized carbons (Fsp3) is 0.571. The number of piperidine rings is 1. The van der Waals surface area contributed by atoms with Crippen LogP contribution in [0.15, 0.2) is 24.3 Å². The molecule has 1 saturated heterocycles. The molecule has 0 atom stereocenters. The summed E-state index contributed by atoms with van der Waals surface area (Å²) in [5, 5.41) is 5.03. The summed E-state index contributed by atoms with van der Waals surface area (Å²) in [6, 6.07) is 5.55. The number of rotatable bonds is 4. The van der Waals surface area contributed by atoms with Crippen molar-refractivity contribution in [2.24, 2.45) is 11.1 Å². The SMILES string of the molecule is NS(=O)(=O)CC1CCN(Cc2ccccc2C(F)(F)F)CC1. The van der Waals surface area contributed by atoms with E-state index in [0.717, 1.165) is 6.07 Å². The van der Waals surface area contributed by atoms with E-state index in [1.54, 1.807) is 6.07 Å². The minimum absolute atomic E-state index is 0.0101. The van der Waals surface area contributed by atoms with E-state index in [9.17, 15) is 21.6 Å². The van der Waals surface area contributed by atoms with Crippen LogP contribution < -0.4 is 5.14 Å². The Hall–Kier alpha value is -1.12. The Morgan fingerprint density at radius 2 is 1.77 bits per heavy atom. The smallest absolute Gasteiger partial charge is 0.299 e. The van der Waals surface area contributed by atoms with Crippen LogP contribution in [0.3, 0.4) is 0 Å². The number of hydrogen-bond acceptors (Lipinski definition) is 3. The monoisotopic (exact) mass is 336 g/mol. The Balaban J connectivity index is 1.97. The van der Waals surface area contributed by atoms with Crippen molar-refractivity contribution in [1.82, 2.24) is 4.90 Å². The molecule has 2 N–H and O–H groups in total. The zero-order valence-corrected chi connectivity index (χ0v) is 12.8. The van der Waals surface area contributed by atoms with E-state index in [1.807, 2.05) is 4.90 Å². The molecule has 1 aliphatic heterocycles. The first-order valence-corrected chi connectivity index (χ1v) is 8.74. The molecule has 1 aliphatic rings. The van der Waals surface area contributed by atoms with Crippen LogP contribution >= 0.6 is 0 Å². The van der Waals surface area contributed by atoms with Gasteiger partial charge in [0.15, 0.2) is 0 Å². The van der Waals surface area contributed by atoms with Crippen molar-refractivity contribution in [3.8, 4) is 0 Å². The van der Waals surface area contributed by atoms with Gasteiger partial charge in [0.2, 0.25) is 10.0 Å². The maximum Gasteiger partial charge on any atom is 0.416 e. The van der Waals surface area contributed by atoms with Gasteiger partial charge >= 0.3 is 6.18 Å². The van der Waals surface area contributed by atoms with Gasteiger partial charge in [-0.2, -0.15) is 13.2 Å². The van der Waals surface area contributed by atoms with Gasteiger partial charge in [0.05, 0.1) is 11.3 Å². The van der Waals surface area contributed by atoms with Crippen LogP contribution in [0, 0.1) is 5.92 Å². The summed E-state index contributed by atoms with van der Waals surface area (Å²) < 4.78 is 61.0. The van der Waals surface area contributed by atoms with Crippen LogP contribution in [0.5, 0.6) is 0 Å². The Bertz CT molecular complexity index is 609. The zero-order chi connectivity index (χ0) is 16.4. The molecule has 0 aliphatic carbocycles. The van der Waals surface area contributed by atoms with Gasteiger partial charge in [0.1, 0.15) is 0 Å². The topological polar surface area (TPSA) is 63.4 Å². The predicted molar refractivity (Wildman–Crippen MR) is 77.4 cm³/mol. The minimum atomic E-state index is -4.36. The molecule has 1 fully saturated rings. The molecule has 0 amide bonds. The van der Waals surface area contributed by atoms with Crippen LogP contribution in [-0.4, -0.2) is 32.2 Å². The number of likely N-dealkylation sites (tertiary alicyclic amines) is 1. The molecule has 0 bridgehead atoms. The number of benzene rings is 1.